The first-order valence-electron chi connectivity index (χ1n) is 8.50. The van der Waals surface area contributed by atoms with Gasteiger partial charge in [-0.2, -0.15) is 0 Å². The van der Waals surface area contributed by atoms with Crippen LogP contribution in [-0.4, -0.2) is 42.1 Å². The number of amides is 3. The van der Waals surface area contributed by atoms with E-state index in [1.165, 1.54) is 0 Å². The third-order valence-electron chi connectivity index (χ3n) is 3.84. The fourth-order valence-corrected chi connectivity index (χ4v) is 2.09. The standard InChI is InChI=1S/C17H29N5O2/c1-6-12(4)19-16(23)13(5)20-17(24)21-14-9-10-15(18-11-14)22(7-2)8-3/h9-13H,6-8H2,1-5H3,(H,19,23)(H2,20,21,24)/t12-,13-/m1/s1. The fraction of sp³-hybridized carbons (Fsp3) is 0.588. The molecule has 0 unspecified atom stereocenters. The van der Waals surface area contributed by atoms with Crippen molar-refractivity contribution >= 4 is 23.4 Å². The van der Waals surface area contributed by atoms with Gasteiger partial charge in [-0.3, -0.25) is 4.79 Å². The van der Waals surface area contributed by atoms with Gasteiger partial charge in [0.15, 0.2) is 0 Å². The maximum Gasteiger partial charge on any atom is 0.319 e. The minimum atomic E-state index is -0.609. The number of aromatic nitrogens is 1. The second-order valence-corrected chi connectivity index (χ2v) is 5.72. The zero-order chi connectivity index (χ0) is 18.1. The minimum absolute atomic E-state index is 0.0848. The Morgan fingerprint density at radius 1 is 1.12 bits per heavy atom. The number of hydrogen-bond donors (Lipinski definition) is 3. The summed E-state index contributed by atoms with van der Waals surface area (Å²) in [7, 11) is 0. The zero-order valence-corrected chi connectivity index (χ0v) is 15.2. The predicted octanol–water partition coefficient (Wildman–Crippen LogP) is 2.35. The Hall–Kier alpha value is -2.31. The van der Waals surface area contributed by atoms with E-state index in [0.29, 0.717) is 5.69 Å². The van der Waals surface area contributed by atoms with Crippen LogP contribution in [0.25, 0.3) is 0 Å². The van der Waals surface area contributed by atoms with Crippen molar-refractivity contribution in [1.82, 2.24) is 15.6 Å². The summed E-state index contributed by atoms with van der Waals surface area (Å²) < 4.78 is 0. The molecule has 0 bridgehead atoms. The van der Waals surface area contributed by atoms with Gasteiger partial charge in [-0.25, -0.2) is 9.78 Å². The normalized spacial score (nSPS) is 12.9. The summed E-state index contributed by atoms with van der Waals surface area (Å²) in [6.07, 6.45) is 2.45. The number of rotatable bonds is 8. The molecular weight excluding hydrogens is 306 g/mol. The highest BCUT2D eigenvalue weighted by Gasteiger charge is 2.17. The molecule has 0 aromatic carbocycles. The Balaban J connectivity index is 2.54. The number of pyridine rings is 1. The lowest BCUT2D eigenvalue weighted by molar-refractivity contribution is -0.123. The maximum atomic E-state index is 12.0. The van der Waals surface area contributed by atoms with E-state index in [0.717, 1.165) is 25.3 Å². The maximum absolute atomic E-state index is 12.0. The molecule has 1 rings (SSSR count). The molecular formula is C17H29N5O2. The van der Waals surface area contributed by atoms with Crippen LogP contribution in [0, 0.1) is 0 Å². The second kappa shape index (κ2) is 9.75. The molecule has 0 aliphatic carbocycles. The van der Waals surface area contributed by atoms with Gasteiger partial charge in [0.05, 0.1) is 11.9 Å². The largest absolute Gasteiger partial charge is 0.357 e. The quantitative estimate of drug-likeness (QED) is 0.681. The molecule has 1 aromatic heterocycles. The smallest absolute Gasteiger partial charge is 0.319 e. The van der Waals surface area contributed by atoms with E-state index in [4.69, 9.17) is 0 Å². The van der Waals surface area contributed by atoms with Gasteiger partial charge in [0.25, 0.3) is 0 Å². The minimum Gasteiger partial charge on any atom is -0.357 e. The van der Waals surface area contributed by atoms with E-state index < -0.39 is 12.1 Å². The topological polar surface area (TPSA) is 86.4 Å². The second-order valence-electron chi connectivity index (χ2n) is 5.72. The highest BCUT2D eigenvalue weighted by Crippen LogP contribution is 2.13. The molecule has 1 aromatic rings. The van der Waals surface area contributed by atoms with E-state index in [1.54, 1.807) is 19.2 Å². The summed E-state index contributed by atoms with van der Waals surface area (Å²) in [5, 5.41) is 8.14. The third kappa shape index (κ3) is 6.06. The number of nitrogens with zero attached hydrogens (tertiary/aromatic N) is 2. The number of urea groups is 1. The number of nitrogens with one attached hydrogen (secondary N) is 3. The molecule has 0 saturated heterocycles. The highest BCUT2D eigenvalue weighted by atomic mass is 16.2. The molecule has 3 N–H and O–H groups in total. The molecule has 0 saturated carbocycles. The Kier molecular flexibility index (Phi) is 8.01. The van der Waals surface area contributed by atoms with Gasteiger partial charge >= 0.3 is 6.03 Å². The molecule has 7 heteroatoms. The lowest BCUT2D eigenvalue weighted by Crippen LogP contribution is -2.48. The van der Waals surface area contributed by atoms with Crippen molar-refractivity contribution in [3.63, 3.8) is 0 Å². The summed E-state index contributed by atoms with van der Waals surface area (Å²) in [5.74, 6) is 0.668. The molecule has 0 fully saturated rings. The first-order valence-corrected chi connectivity index (χ1v) is 8.50. The van der Waals surface area contributed by atoms with E-state index in [-0.39, 0.29) is 11.9 Å². The van der Waals surface area contributed by atoms with Crippen molar-refractivity contribution in [2.45, 2.75) is 53.1 Å². The van der Waals surface area contributed by atoms with Crippen molar-refractivity contribution in [1.29, 1.82) is 0 Å². The highest BCUT2D eigenvalue weighted by molar-refractivity contribution is 5.93. The van der Waals surface area contributed by atoms with Crippen LogP contribution in [0.1, 0.15) is 41.0 Å². The summed E-state index contributed by atoms with van der Waals surface area (Å²) >= 11 is 0. The van der Waals surface area contributed by atoms with Crippen LogP contribution in [0.4, 0.5) is 16.3 Å². The Labute approximate surface area is 144 Å². The monoisotopic (exact) mass is 335 g/mol. The lowest BCUT2D eigenvalue weighted by Gasteiger charge is -2.20. The molecule has 0 aliphatic heterocycles. The Morgan fingerprint density at radius 3 is 2.29 bits per heavy atom. The van der Waals surface area contributed by atoms with E-state index in [1.807, 2.05) is 19.9 Å². The van der Waals surface area contributed by atoms with Gasteiger partial charge in [-0.1, -0.05) is 6.92 Å². The molecule has 0 radical (unpaired) electrons. The van der Waals surface area contributed by atoms with Crippen LogP contribution < -0.4 is 20.9 Å². The molecule has 2 atom stereocenters. The van der Waals surface area contributed by atoms with Crippen LogP contribution in [0.2, 0.25) is 0 Å². The summed E-state index contributed by atoms with van der Waals surface area (Å²) in [6.45, 7) is 11.4. The van der Waals surface area contributed by atoms with Gasteiger partial charge in [0, 0.05) is 19.1 Å². The first kappa shape index (κ1) is 19.7. The van der Waals surface area contributed by atoms with Crippen LogP contribution >= 0.6 is 0 Å². The molecule has 0 aliphatic rings. The van der Waals surface area contributed by atoms with E-state index in [9.17, 15) is 9.59 Å². The summed E-state index contributed by atoms with van der Waals surface area (Å²) in [5.41, 5.74) is 0.581. The van der Waals surface area contributed by atoms with Crippen molar-refractivity contribution in [2.75, 3.05) is 23.3 Å². The molecule has 134 valence electrons. The van der Waals surface area contributed by atoms with Crippen LogP contribution in [-0.2, 0) is 4.79 Å². The van der Waals surface area contributed by atoms with Gasteiger partial charge in [-0.05, 0) is 46.2 Å². The number of anilines is 2. The summed E-state index contributed by atoms with van der Waals surface area (Å²) in [6, 6.07) is 2.70. The average Bonchev–Trinajstić information content (AvgIpc) is 2.57. The van der Waals surface area contributed by atoms with Gasteiger partial charge in [0.1, 0.15) is 11.9 Å². The first-order chi connectivity index (χ1) is 11.4. The number of carbonyl (C=O) groups excluding carboxylic acids is 2. The third-order valence-corrected chi connectivity index (χ3v) is 3.84. The molecule has 3 amide bonds. The van der Waals surface area contributed by atoms with Gasteiger partial charge in [-0.15, -0.1) is 0 Å². The molecule has 1 heterocycles. The van der Waals surface area contributed by atoms with E-state index in [2.05, 4.69) is 39.7 Å². The van der Waals surface area contributed by atoms with Crippen LogP contribution in [0.3, 0.4) is 0 Å². The van der Waals surface area contributed by atoms with Crippen molar-refractivity contribution in [2.24, 2.45) is 0 Å². The lowest BCUT2D eigenvalue weighted by atomic mass is 10.2. The predicted molar refractivity (Wildman–Crippen MR) is 97.3 cm³/mol. The Morgan fingerprint density at radius 2 is 1.79 bits per heavy atom. The van der Waals surface area contributed by atoms with Crippen molar-refractivity contribution < 1.29 is 9.59 Å². The van der Waals surface area contributed by atoms with Crippen LogP contribution in [0.15, 0.2) is 18.3 Å². The molecule has 0 spiro atoms. The van der Waals surface area contributed by atoms with Crippen molar-refractivity contribution in [3.8, 4) is 0 Å². The van der Waals surface area contributed by atoms with Gasteiger partial charge in [0.2, 0.25) is 5.91 Å². The van der Waals surface area contributed by atoms with Crippen LogP contribution in [0.5, 0.6) is 0 Å². The van der Waals surface area contributed by atoms with Gasteiger partial charge < -0.3 is 20.9 Å². The average molecular weight is 335 g/mol. The molecule has 7 nitrogen and oxygen atoms in total. The zero-order valence-electron chi connectivity index (χ0n) is 15.2. The Bertz CT molecular complexity index is 528. The van der Waals surface area contributed by atoms with E-state index >= 15 is 0 Å². The number of hydrogen-bond acceptors (Lipinski definition) is 4. The van der Waals surface area contributed by atoms with Crippen molar-refractivity contribution in [3.05, 3.63) is 18.3 Å². The number of carbonyl (C=O) groups is 2. The fourth-order valence-electron chi connectivity index (χ4n) is 2.09. The molecule has 24 heavy (non-hydrogen) atoms. The summed E-state index contributed by atoms with van der Waals surface area (Å²) in [4.78, 5) is 30.3. The SMILES string of the molecule is CC[C@@H](C)NC(=O)[C@@H](C)NC(=O)Nc1ccc(N(CC)CC)nc1.